The van der Waals surface area contributed by atoms with Crippen LogP contribution >= 0.6 is 0 Å². The number of aryl methyl sites for hydroxylation is 1. The maximum atomic E-state index is 12.4. The minimum absolute atomic E-state index is 0.0147. The first-order chi connectivity index (χ1) is 13.6. The minimum atomic E-state index is -4.46. The molecule has 11 heteroatoms. The van der Waals surface area contributed by atoms with Gasteiger partial charge in [0.25, 0.3) is 5.91 Å². The largest absolute Gasteiger partial charge is 0.468 e. The summed E-state index contributed by atoms with van der Waals surface area (Å²) in [6, 6.07) is 2.46. The summed E-state index contributed by atoms with van der Waals surface area (Å²) < 4.78 is 41.5. The van der Waals surface area contributed by atoms with Gasteiger partial charge in [0.1, 0.15) is 5.69 Å². The van der Waals surface area contributed by atoms with Gasteiger partial charge in [0.2, 0.25) is 17.7 Å². The zero-order chi connectivity index (χ0) is 21.6. The molecule has 2 rings (SSSR count). The molecule has 0 spiro atoms. The number of aromatic nitrogens is 3. The van der Waals surface area contributed by atoms with Gasteiger partial charge >= 0.3 is 6.18 Å². The van der Waals surface area contributed by atoms with Crippen LogP contribution in [0.4, 0.5) is 19.1 Å². The molecule has 2 heterocycles. The molecule has 0 saturated carbocycles. The van der Waals surface area contributed by atoms with Crippen LogP contribution in [-0.2, 0) is 4.79 Å². The van der Waals surface area contributed by atoms with Crippen LogP contribution < -0.4 is 15.4 Å². The van der Waals surface area contributed by atoms with Crippen LogP contribution in [0, 0.1) is 6.92 Å². The van der Waals surface area contributed by atoms with Gasteiger partial charge in [0, 0.05) is 24.4 Å². The molecule has 8 nitrogen and oxygen atoms in total. The maximum Gasteiger partial charge on any atom is 0.422 e. The van der Waals surface area contributed by atoms with Gasteiger partial charge in [-0.15, -0.1) is 0 Å². The summed E-state index contributed by atoms with van der Waals surface area (Å²) in [6.07, 6.45) is -1.54. The Morgan fingerprint density at radius 1 is 1.28 bits per heavy atom. The van der Waals surface area contributed by atoms with Crippen LogP contribution in [0.5, 0.6) is 5.88 Å². The van der Waals surface area contributed by atoms with Crippen molar-refractivity contribution in [1.29, 1.82) is 0 Å². The number of amides is 2. The number of nitrogens with one attached hydrogen (secondary N) is 2. The number of carbonyl (C=O) groups excluding carboxylic acids is 2. The predicted molar refractivity (Wildman–Crippen MR) is 97.4 cm³/mol. The summed E-state index contributed by atoms with van der Waals surface area (Å²) in [5.74, 6) is -0.912. The van der Waals surface area contributed by atoms with Gasteiger partial charge in [-0.05, 0) is 31.5 Å². The van der Waals surface area contributed by atoms with Crippen LogP contribution in [0.2, 0.25) is 0 Å². The molecular weight excluding hydrogens is 391 g/mol. The quantitative estimate of drug-likeness (QED) is 0.726. The smallest absolute Gasteiger partial charge is 0.422 e. The van der Waals surface area contributed by atoms with Crippen molar-refractivity contribution in [1.82, 2.24) is 20.3 Å². The molecule has 0 fully saturated rings. The Kier molecular flexibility index (Phi) is 7.08. The van der Waals surface area contributed by atoms with Crippen molar-refractivity contribution in [3.63, 3.8) is 0 Å². The average molecular weight is 411 g/mol. The van der Waals surface area contributed by atoms with E-state index in [0.29, 0.717) is 11.1 Å². The Balaban J connectivity index is 2.05. The second-order valence-corrected chi connectivity index (χ2v) is 6.16. The molecule has 1 unspecified atom stereocenters. The number of hydrogen-bond donors (Lipinski definition) is 2. The highest BCUT2D eigenvalue weighted by Crippen LogP contribution is 2.22. The highest BCUT2D eigenvalue weighted by atomic mass is 19.4. The normalized spacial score (nSPS) is 12.2. The van der Waals surface area contributed by atoms with Gasteiger partial charge in [0.15, 0.2) is 6.61 Å². The number of carbonyl (C=O) groups is 2. The van der Waals surface area contributed by atoms with Crippen molar-refractivity contribution < 1.29 is 27.5 Å². The van der Waals surface area contributed by atoms with Crippen LogP contribution in [0.15, 0.2) is 24.5 Å². The second-order valence-electron chi connectivity index (χ2n) is 6.16. The van der Waals surface area contributed by atoms with E-state index in [2.05, 4.69) is 30.3 Å². The van der Waals surface area contributed by atoms with Gasteiger partial charge in [-0.1, -0.05) is 6.92 Å². The topological polar surface area (TPSA) is 106 Å². The summed E-state index contributed by atoms with van der Waals surface area (Å²) in [5.41, 5.74) is 1.02. The summed E-state index contributed by atoms with van der Waals surface area (Å²) in [7, 11) is 0. The van der Waals surface area contributed by atoms with E-state index in [4.69, 9.17) is 0 Å². The van der Waals surface area contributed by atoms with Gasteiger partial charge < -0.3 is 10.1 Å². The van der Waals surface area contributed by atoms with E-state index in [1.807, 2.05) is 0 Å². The van der Waals surface area contributed by atoms with E-state index < -0.39 is 24.7 Å². The zero-order valence-electron chi connectivity index (χ0n) is 16.0. The molecule has 29 heavy (non-hydrogen) atoms. The van der Waals surface area contributed by atoms with Gasteiger partial charge in [-0.2, -0.15) is 13.2 Å². The average Bonchev–Trinajstić information content (AvgIpc) is 2.66. The number of anilines is 1. The van der Waals surface area contributed by atoms with E-state index in [1.54, 1.807) is 26.8 Å². The molecule has 0 aliphatic heterocycles. The van der Waals surface area contributed by atoms with Crippen LogP contribution in [-0.4, -0.2) is 39.5 Å². The molecule has 0 bridgehead atoms. The third-order valence-corrected chi connectivity index (χ3v) is 3.73. The Bertz CT molecular complexity index is 889. The monoisotopic (exact) mass is 411 g/mol. The standard InChI is InChI=1S/C18H20F3N5O3/c1-4-14(27)26-17-22-6-5-13(25-17)15(28)24-11(3)12-7-10(2)16(23-8-12)29-9-18(19,20)21/h5-8,11H,4,9H2,1-3H3,(H,24,28)(H,22,25,26,27). The van der Waals surface area contributed by atoms with E-state index >= 15 is 0 Å². The summed E-state index contributed by atoms with van der Waals surface area (Å²) in [5, 5.41) is 5.17. The van der Waals surface area contributed by atoms with Crippen molar-refractivity contribution in [2.75, 3.05) is 11.9 Å². The van der Waals surface area contributed by atoms with E-state index in [-0.39, 0.29) is 29.9 Å². The Hall–Kier alpha value is -3.24. The number of rotatable bonds is 7. The minimum Gasteiger partial charge on any atom is -0.468 e. The van der Waals surface area contributed by atoms with E-state index in [1.165, 1.54) is 18.5 Å². The number of nitrogens with zero attached hydrogens (tertiary/aromatic N) is 3. The van der Waals surface area contributed by atoms with E-state index in [9.17, 15) is 22.8 Å². The molecule has 2 N–H and O–H groups in total. The third-order valence-electron chi connectivity index (χ3n) is 3.73. The van der Waals surface area contributed by atoms with Crippen molar-refractivity contribution in [3.8, 4) is 5.88 Å². The summed E-state index contributed by atoms with van der Waals surface area (Å²) in [6.45, 7) is 3.48. The molecule has 0 aromatic carbocycles. The summed E-state index contributed by atoms with van der Waals surface area (Å²) >= 11 is 0. The first kappa shape index (κ1) is 22.1. The van der Waals surface area contributed by atoms with Crippen molar-refractivity contribution in [2.24, 2.45) is 0 Å². The molecule has 2 aromatic rings. The van der Waals surface area contributed by atoms with E-state index in [0.717, 1.165) is 0 Å². The van der Waals surface area contributed by atoms with Gasteiger partial charge in [0.05, 0.1) is 6.04 Å². The third kappa shape index (κ3) is 6.70. The highest BCUT2D eigenvalue weighted by molar-refractivity contribution is 5.93. The highest BCUT2D eigenvalue weighted by Gasteiger charge is 2.29. The van der Waals surface area contributed by atoms with Gasteiger partial charge in [-0.25, -0.2) is 15.0 Å². The predicted octanol–water partition coefficient (Wildman–Crippen LogP) is 2.96. The van der Waals surface area contributed by atoms with Crippen molar-refractivity contribution in [2.45, 2.75) is 39.4 Å². The Morgan fingerprint density at radius 3 is 2.62 bits per heavy atom. The Morgan fingerprint density at radius 2 is 2.00 bits per heavy atom. The number of hydrogen-bond acceptors (Lipinski definition) is 6. The van der Waals surface area contributed by atoms with Crippen molar-refractivity contribution in [3.05, 3.63) is 41.3 Å². The van der Waals surface area contributed by atoms with Crippen LogP contribution in [0.1, 0.15) is 47.9 Å². The number of pyridine rings is 1. The zero-order valence-corrected chi connectivity index (χ0v) is 16.0. The molecule has 0 aliphatic carbocycles. The fourth-order valence-electron chi connectivity index (χ4n) is 2.23. The number of halogens is 3. The lowest BCUT2D eigenvalue weighted by molar-refractivity contribution is -0.154. The fourth-order valence-corrected chi connectivity index (χ4v) is 2.23. The molecule has 2 aromatic heterocycles. The maximum absolute atomic E-state index is 12.4. The number of alkyl halides is 3. The lowest BCUT2D eigenvalue weighted by Crippen LogP contribution is -2.28. The molecule has 1 atom stereocenters. The Labute approximate surface area is 164 Å². The molecule has 156 valence electrons. The molecule has 0 aliphatic rings. The van der Waals surface area contributed by atoms with Gasteiger partial charge in [-0.3, -0.25) is 14.9 Å². The molecular formula is C18H20F3N5O3. The molecule has 0 radical (unpaired) electrons. The van der Waals surface area contributed by atoms with Crippen molar-refractivity contribution >= 4 is 17.8 Å². The lowest BCUT2D eigenvalue weighted by atomic mass is 10.1. The van der Waals surface area contributed by atoms with Crippen LogP contribution in [0.3, 0.4) is 0 Å². The second kappa shape index (κ2) is 9.30. The summed E-state index contributed by atoms with van der Waals surface area (Å²) in [4.78, 5) is 35.6. The number of ether oxygens (including phenoxy) is 1. The van der Waals surface area contributed by atoms with Crippen LogP contribution in [0.25, 0.3) is 0 Å². The first-order valence-corrected chi connectivity index (χ1v) is 8.69. The SMILES string of the molecule is CCC(=O)Nc1nccc(C(=O)NC(C)c2cnc(OCC(F)(F)F)c(C)c2)n1. The molecule has 2 amide bonds. The first-order valence-electron chi connectivity index (χ1n) is 8.69. The fraction of sp³-hybridized carbons (Fsp3) is 0.389. The lowest BCUT2D eigenvalue weighted by Gasteiger charge is -2.16. The molecule has 0 saturated heterocycles.